The minimum Gasteiger partial charge on any atom is -0.330 e. The van der Waals surface area contributed by atoms with Gasteiger partial charge in [-0.15, -0.1) is 0 Å². The number of anilines is 3. The number of aromatic nitrogens is 5. The number of hydrogen-bond acceptors (Lipinski definition) is 7. The third-order valence-corrected chi connectivity index (χ3v) is 4.07. The number of amides is 1. The SMILES string of the molecule is CCc1nsc(Nc2ccc(NC(=O)C(C)n3cncn3)cc2)n1. The molecule has 0 saturated carbocycles. The van der Waals surface area contributed by atoms with Crippen LogP contribution >= 0.6 is 11.5 Å². The summed E-state index contributed by atoms with van der Waals surface area (Å²) < 4.78 is 5.74. The second-order valence-electron chi connectivity index (χ2n) is 5.11. The van der Waals surface area contributed by atoms with Crippen molar-refractivity contribution in [1.29, 1.82) is 0 Å². The van der Waals surface area contributed by atoms with Crippen LogP contribution in [0.15, 0.2) is 36.9 Å². The molecule has 1 atom stereocenters. The van der Waals surface area contributed by atoms with E-state index in [4.69, 9.17) is 0 Å². The molecule has 3 aromatic rings. The molecular weight excluding hydrogens is 326 g/mol. The summed E-state index contributed by atoms with van der Waals surface area (Å²) in [6, 6.07) is 6.98. The number of carbonyl (C=O) groups is 1. The van der Waals surface area contributed by atoms with Crippen LogP contribution in [0.3, 0.4) is 0 Å². The summed E-state index contributed by atoms with van der Waals surface area (Å²) in [6.45, 7) is 3.78. The number of nitrogens with one attached hydrogen (secondary N) is 2. The van der Waals surface area contributed by atoms with E-state index in [0.717, 1.165) is 23.1 Å². The molecule has 1 amide bonds. The van der Waals surface area contributed by atoms with Gasteiger partial charge in [-0.1, -0.05) is 6.92 Å². The maximum atomic E-state index is 12.2. The first-order valence-electron chi connectivity index (χ1n) is 7.50. The summed E-state index contributed by atoms with van der Waals surface area (Å²) in [4.78, 5) is 20.4. The van der Waals surface area contributed by atoms with Gasteiger partial charge in [-0.2, -0.15) is 9.47 Å². The van der Waals surface area contributed by atoms with Crippen molar-refractivity contribution in [1.82, 2.24) is 24.1 Å². The predicted octanol–water partition coefficient (Wildman–Crippen LogP) is 2.64. The van der Waals surface area contributed by atoms with E-state index in [1.165, 1.54) is 28.9 Å². The average Bonchev–Trinajstić information content (AvgIpc) is 3.27. The van der Waals surface area contributed by atoms with E-state index in [1.807, 2.05) is 31.2 Å². The van der Waals surface area contributed by atoms with Gasteiger partial charge in [-0.05, 0) is 31.2 Å². The first kappa shape index (κ1) is 16.1. The molecule has 0 aliphatic heterocycles. The maximum Gasteiger partial charge on any atom is 0.249 e. The Hall–Kier alpha value is -2.81. The molecule has 0 aliphatic carbocycles. The zero-order valence-corrected chi connectivity index (χ0v) is 14.1. The molecule has 0 fully saturated rings. The number of nitrogens with zero attached hydrogens (tertiary/aromatic N) is 5. The van der Waals surface area contributed by atoms with Crippen LogP contribution in [0.5, 0.6) is 0 Å². The summed E-state index contributed by atoms with van der Waals surface area (Å²) >= 11 is 1.33. The quantitative estimate of drug-likeness (QED) is 0.714. The Kier molecular flexibility index (Phi) is 4.80. The minimum absolute atomic E-state index is 0.155. The van der Waals surface area contributed by atoms with E-state index >= 15 is 0 Å². The highest BCUT2D eigenvalue weighted by molar-refractivity contribution is 7.09. The number of hydrogen-bond donors (Lipinski definition) is 2. The average molecular weight is 343 g/mol. The monoisotopic (exact) mass is 343 g/mol. The molecule has 0 bridgehead atoms. The molecule has 2 N–H and O–H groups in total. The number of carbonyl (C=O) groups excluding carboxylic acids is 1. The van der Waals surface area contributed by atoms with Gasteiger partial charge in [0.1, 0.15) is 24.5 Å². The lowest BCUT2D eigenvalue weighted by atomic mass is 10.2. The normalized spacial score (nSPS) is 11.9. The van der Waals surface area contributed by atoms with Gasteiger partial charge in [0.25, 0.3) is 0 Å². The molecule has 1 aromatic carbocycles. The van der Waals surface area contributed by atoms with E-state index in [-0.39, 0.29) is 5.91 Å². The Morgan fingerprint density at radius 3 is 2.67 bits per heavy atom. The van der Waals surface area contributed by atoms with Crippen molar-refractivity contribution >= 4 is 33.9 Å². The molecule has 2 heterocycles. The van der Waals surface area contributed by atoms with Gasteiger partial charge in [0.15, 0.2) is 0 Å². The van der Waals surface area contributed by atoms with Crippen LogP contribution in [0, 0.1) is 0 Å². The Labute approximate surface area is 143 Å². The summed E-state index contributed by atoms with van der Waals surface area (Å²) in [7, 11) is 0. The molecule has 8 nitrogen and oxygen atoms in total. The van der Waals surface area contributed by atoms with Crippen molar-refractivity contribution in [2.45, 2.75) is 26.3 Å². The highest BCUT2D eigenvalue weighted by Crippen LogP contribution is 2.21. The van der Waals surface area contributed by atoms with Crippen LogP contribution in [0.1, 0.15) is 25.7 Å². The Morgan fingerprint density at radius 1 is 1.29 bits per heavy atom. The molecule has 2 aromatic heterocycles. The summed E-state index contributed by atoms with van der Waals surface area (Å²) in [5.41, 5.74) is 1.60. The van der Waals surface area contributed by atoms with Crippen LogP contribution in [0.4, 0.5) is 16.5 Å². The minimum atomic E-state index is -0.431. The van der Waals surface area contributed by atoms with Gasteiger partial charge in [-0.25, -0.2) is 14.6 Å². The Balaban J connectivity index is 1.61. The van der Waals surface area contributed by atoms with Gasteiger partial charge in [0, 0.05) is 29.3 Å². The Morgan fingerprint density at radius 2 is 2.04 bits per heavy atom. The molecular formula is C15H17N7OS. The number of rotatable bonds is 6. The Bertz CT molecular complexity index is 798. The van der Waals surface area contributed by atoms with Crippen LogP contribution in [-0.2, 0) is 11.2 Å². The van der Waals surface area contributed by atoms with E-state index in [2.05, 4.69) is 30.1 Å². The predicted molar refractivity (Wildman–Crippen MR) is 92.4 cm³/mol. The van der Waals surface area contributed by atoms with Gasteiger partial charge in [-0.3, -0.25) is 4.79 Å². The fraction of sp³-hybridized carbons (Fsp3) is 0.267. The van der Waals surface area contributed by atoms with E-state index < -0.39 is 6.04 Å². The first-order valence-corrected chi connectivity index (χ1v) is 8.27. The maximum absolute atomic E-state index is 12.2. The largest absolute Gasteiger partial charge is 0.330 e. The first-order chi connectivity index (χ1) is 11.7. The molecule has 0 spiro atoms. The summed E-state index contributed by atoms with van der Waals surface area (Å²) in [6.07, 6.45) is 3.73. The van der Waals surface area contributed by atoms with Crippen LogP contribution in [0.2, 0.25) is 0 Å². The zero-order chi connectivity index (χ0) is 16.9. The topological polar surface area (TPSA) is 97.6 Å². The van der Waals surface area contributed by atoms with Crippen molar-refractivity contribution in [2.75, 3.05) is 10.6 Å². The van der Waals surface area contributed by atoms with Gasteiger partial charge in [0.2, 0.25) is 11.0 Å². The lowest BCUT2D eigenvalue weighted by Gasteiger charge is -2.12. The summed E-state index contributed by atoms with van der Waals surface area (Å²) in [5, 5.41) is 10.8. The second-order valence-corrected chi connectivity index (χ2v) is 5.86. The lowest BCUT2D eigenvalue weighted by Crippen LogP contribution is -2.23. The van der Waals surface area contributed by atoms with Gasteiger partial charge < -0.3 is 10.6 Å². The van der Waals surface area contributed by atoms with Crippen molar-refractivity contribution in [3.63, 3.8) is 0 Å². The summed E-state index contributed by atoms with van der Waals surface area (Å²) in [5.74, 6) is 0.673. The molecule has 9 heteroatoms. The van der Waals surface area contributed by atoms with Crippen LogP contribution in [0.25, 0.3) is 0 Å². The fourth-order valence-electron chi connectivity index (χ4n) is 1.99. The highest BCUT2D eigenvalue weighted by Gasteiger charge is 2.15. The van der Waals surface area contributed by atoms with Crippen LogP contribution < -0.4 is 10.6 Å². The van der Waals surface area contributed by atoms with Gasteiger partial charge in [0.05, 0.1) is 0 Å². The standard InChI is InChI=1S/C15H17N7OS/c1-3-13-20-15(24-21-13)19-12-6-4-11(5-7-12)18-14(23)10(2)22-9-16-8-17-22/h4-10H,3H2,1-2H3,(H,18,23)(H,19,20,21). The van der Waals surface area contributed by atoms with Crippen molar-refractivity contribution < 1.29 is 4.79 Å². The molecule has 0 radical (unpaired) electrons. The third kappa shape index (κ3) is 3.74. The lowest BCUT2D eigenvalue weighted by molar-refractivity contribution is -0.119. The molecule has 1 unspecified atom stereocenters. The number of aryl methyl sites for hydroxylation is 1. The zero-order valence-electron chi connectivity index (χ0n) is 13.3. The second kappa shape index (κ2) is 7.18. The van der Waals surface area contributed by atoms with Gasteiger partial charge >= 0.3 is 0 Å². The molecule has 124 valence electrons. The van der Waals surface area contributed by atoms with E-state index in [9.17, 15) is 4.79 Å². The molecule has 3 rings (SSSR count). The fourth-order valence-corrected chi connectivity index (χ4v) is 2.66. The molecule has 0 saturated heterocycles. The molecule has 24 heavy (non-hydrogen) atoms. The smallest absolute Gasteiger partial charge is 0.249 e. The van der Waals surface area contributed by atoms with Crippen molar-refractivity contribution in [2.24, 2.45) is 0 Å². The van der Waals surface area contributed by atoms with Crippen molar-refractivity contribution in [3.05, 3.63) is 42.7 Å². The van der Waals surface area contributed by atoms with Crippen LogP contribution in [-0.4, -0.2) is 30.0 Å². The van der Waals surface area contributed by atoms with Crippen molar-refractivity contribution in [3.8, 4) is 0 Å². The number of benzene rings is 1. The van der Waals surface area contributed by atoms with E-state index in [1.54, 1.807) is 6.92 Å². The third-order valence-electron chi connectivity index (χ3n) is 3.40. The van der Waals surface area contributed by atoms with E-state index in [0.29, 0.717) is 5.69 Å². The highest BCUT2D eigenvalue weighted by atomic mass is 32.1. The molecule has 0 aliphatic rings.